The van der Waals surface area contributed by atoms with Gasteiger partial charge >= 0.3 is 0 Å². The van der Waals surface area contributed by atoms with Crippen molar-refractivity contribution in [1.29, 1.82) is 0 Å². The minimum atomic E-state index is -0.0603. The van der Waals surface area contributed by atoms with Crippen molar-refractivity contribution in [1.82, 2.24) is 15.6 Å². The van der Waals surface area contributed by atoms with Gasteiger partial charge in [-0.3, -0.25) is 10.2 Å². The number of carbonyl (C=O) groups is 1. The Morgan fingerprint density at radius 2 is 2.12 bits per heavy atom. The molecule has 1 heterocycles. The predicted octanol–water partition coefficient (Wildman–Crippen LogP) is 0.221. The van der Waals surface area contributed by atoms with Gasteiger partial charge in [-0.25, -0.2) is 5.84 Å². The first kappa shape index (κ1) is 14.4. The van der Waals surface area contributed by atoms with Crippen molar-refractivity contribution < 1.29 is 4.79 Å². The van der Waals surface area contributed by atoms with Crippen molar-refractivity contribution in [3.63, 3.8) is 0 Å². The number of hydrazine groups is 1. The highest BCUT2D eigenvalue weighted by Crippen LogP contribution is 2.12. The lowest BCUT2D eigenvalue weighted by Crippen LogP contribution is -2.43. The van der Waals surface area contributed by atoms with Crippen LogP contribution >= 0.6 is 0 Å². The van der Waals surface area contributed by atoms with E-state index in [1.165, 1.54) is 12.8 Å². The first-order valence-corrected chi connectivity index (χ1v) is 6.72. The van der Waals surface area contributed by atoms with Crippen molar-refractivity contribution in [3.05, 3.63) is 0 Å². The summed E-state index contributed by atoms with van der Waals surface area (Å²) >= 11 is 0. The van der Waals surface area contributed by atoms with Gasteiger partial charge in [0.1, 0.15) is 0 Å². The molecule has 0 unspecified atom stereocenters. The van der Waals surface area contributed by atoms with Gasteiger partial charge in [0.2, 0.25) is 5.91 Å². The number of nitrogens with zero attached hydrogens (tertiary/aromatic N) is 1. The van der Waals surface area contributed by atoms with Crippen LogP contribution in [0.2, 0.25) is 0 Å². The Labute approximate surface area is 104 Å². The van der Waals surface area contributed by atoms with Gasteiger partial charge in [-0.05, 0) is 51.9 Å². The van der Waals surface area contributed by atoms with E-state index in [2.05, 4.69) is 22.6 Å². The fourth-order valence-corrected chi connectivity index (χ4v) is 2.44. The molecule has 1 aliphatic heterocycles. The van der Waals surface area contributed by atoms with E-state index in [4.69, 9.17) is 5.84 Å². The van der Waals surface area contributed by atoms with E-state index in [9.17, 15) is 4.79 Å². The van der Waals surface area contributed by atoms with Gasteiger partial charge in [0.15, 0.2) is 0 Å². The average molecular weight is 242 g/mol. The second kappa shape index (κ2) is 8.44. The summed E-state index contributed by atoms with van der Waals surface area (Å²) < 4.78 is 0. The van der Waals surface area contributed by atoms with Crippen molar-refractivity contribution in [2.45, 2.75) is 45.1 Å². The number of rotatable bonds is 7. The SMILES string of the molecule is CCN(CCCCC(=O)NN)C1CCNCC1. The Morgan fingerprint density at radius 1 is 1.41 bits per heavy atom. The van der Waals surface area contributed by atoms with Crippen LogP contribution in [0.3, 0.4) is 0 Å². The molecule has 0 aromatic heterocycles. The molecule has 0 aliphatic carbocycles. The molecule has 1 fully saturated rings. The van der Waals surface area contributed by atoms with E-state index in [0.29, 0.717) is 6.42 Å². The molecule has 17 heavy (non-hydrogen) atoms. The Morgan fingerprint density at radius 3 is 2.71 bits per heavy atom. The Balaban J connectivity index is 2.15. The van der Waals surface area contributed by atoms with Crippen LogP contribution in [0.25, 0.3) is 0 Å². The third-order valence-corrected chi connectivity index (χ3v) is 3.49. The number of piperidine rings is 1. The van der Waals surface area contributed by atoms with Crippen LogP contribution in [0.1, 0.15) is 39.0 Å². The molecule has 0 spiro atoms. The van der Waals surface area contributed by atoms with Crippen LogP contribution in [-0.4, -0.2) is 43.0 Å². The van der Waals surface area contributed by atoms with Crippen molar-refractivity contribution in [3.8, 4) is 0 Å². The summed E-state index contributed by atoms with van der Waals surface area (Å²) in [6, 6.07) is 0.726. The van der Waals surface area contributed by atoms with Gasteiger partial charge in [-0.15, -0.1) is 0 Å². The molecule has 0 aromatic rings. The van der Waals surface area contributed by atoms with E-state index < -0.39 is 0 Å². The topological polar surface area (TPSA) is 70.4 Å². The fourth-order valence-electron chi connectivity index (χ4n) is 2.44. The third-order valence-electron chi connectivity index (χ3n) is 3.49. The summed E-state index contributed by atoms with van der Waals surface area (Å²) in [5.41, 5.74) is 2.17. The standard InChI is InChI=1S/C12H26N4O/c1-2-16(11-6-8-14-9-7-11)10-4-3-5-12(17)15-13/h11,14H,2-10,13H2,1H3,(H,15,17). The molecule has 0 bridgehead atoms. The minimum absolute atomic E-state index is 0.0603. The van der Waals surface area contributed by atoms with Crippen LogP contribution in [-0.2, 0) is 4.79 Å². The molecule has 5 heteroatoms. The molecular formula is C12H26N4O. The van der Waals surface area contributed by atoms with E-state index in [0.717, 1.165) is 45.1 Å². The zero-order valence-corrected chi connectivity index (χ0v) is 10.9. The van der Waals surface area contributed by atoms with Crippen LogP contribution in [0.5, 0.6) is 0 Å². The number of unbranched alkanes of at least 4 members (excludes halogenated alkanes) is 1. The average Bonchev–Trinajstić information content (AvgIpc) is 2.39. The van der Waals surface area contributed by atoms with Gasteiger partial charge < -0.3 is 10.2 Å². The summed E-state index contributed by atoms with van der Waals surface area (Å²) in [4.78, 5) is 13.5. The van der Waals surface area contributed by atoms with Gasteiger partial charge in [0.05, 0.1) is 0 Å². The zero-order valence-electron chi connectivity index (χ0n) is 10.9. The lowest BCUT2D eigenvalue weighted by atomic mass is 10.0. The van der Waals surface area contributed by atoms with Crippen LogP contribution in [0, 0.1) is 0 Å². The minimum Gasteiger partial charge on any atom is -0.317 e. The quantitative estimate of drug-likeness (QED) is 0.258. The van der Waals surface area contributed by atoms with Crippen LogP contribution in [0.4, 0.5) is 0 Å². The van der Waals surface area contributed by atoms with E-state index in [-0.39, 0.29) is 5.91 Å². The lowest BCUT2D eigenvalue weighted by Gasteiger charge is -2.33. The Bertz CT molecular complexity index is 217. The second-order valence-corrected chi connectivity index (χ2v) is 4.63. The highest BCUT2D eigenvalue weighted by atomic mass is 16.2. The van der Waals surface area contributed by atoms with E-state index in [1.54, 1.807) is 0 Å². The van der Waals surface area contributed by atoms with E-state index >= 15 is 0 Å². The first-order chi connectivity index (χ1) is 8.27. The number of hydrogen-bond donors (Lipinski definition) is 3. The normalized spacial score (nSPS) is 17.4. The lowest BCUT2D eigenvalue weighted by molar-refractivity contribution is -0.121. The number of nitrogens with one attached hydrogen (secondary N) is 2. The van der Waals surface area contributed by atoms with Gasteiger partial charge in [0.25, 0.3) is 0 Å². The predicted molar refractivity (Wildman–Crippen MR) is 69.3 cm³/mol. The molecule has 0 atom stereocenters. The van der Waals surface area contributed by atoms with Gasteiger partial charge in [-0.2, -0.15) is 0 Å². The second-order valence-electron chi connectivity index (χ2n) is 4.63. The summed E-state index contributed by atoms with van der Waals surface area (Å²) in [6.07, 6.45) is 5.03. The maximum Gasteiger partial charge on any atom is 0.233 e. The third kappa shape index (κ3) is 5.48. The molecule has 100 valence electrons. The summed E-state index contributed by atoms with van der Waals surface area (Å²) in [5, 5.41) is 3.39. The smallest absolute Gasteiger partial charge is 0.233 e. The highest BCUT2D eigenvalue weighted by Gasteiger charge is 2.18. The van der Waals surface area contributed by atoms with Crippen molar-refractivity contribution in [2.75, 3.05) is 26.2 Å². The molecule has 1 aliphatic rings. The fraction of sp³-hybridized carbons (Fsp3) is 0.917. The molecular weight excluding hydrogens is 216 g/mol. The monoisotopic (exact) mass is 242 g/mol. The molecule has 1 amide bonds. The maximum absolute atomic E-state index is 11.0. The van der Waals surface area contributed by atoms with Crippen molar-refractivity contribution in [2.24, 2.45) is 5.84 Å². The summed E-state index contributed by atoms with van der Waals surface area (Å²) in [5.74, 6) is 4.98. The zero-order chi connectivity index (χ0) is 12.5. The molecule has 4 N–H and O–H groups in total. The largest absolute Gasteiger partial charge is 0.317 e. The Kier molecular flexibility index (Phi) is 7.16. The Hall–Kier alpha value is -0.650. The van der Waals surface area contributed by atoms with E-state index in [1.807, 2.05) is 0 Å². The number of carbonyl (C=O) groups excluding carboxylic acids is 1. The van der Waals surface area contributed by atoms with Gasteiger partial charge in [0, 0.05) is 12.5 Å². The maximum atomic E-state index is 11.0. The number of amides is 1. The molecule has 1 saturated heterocycles. The molecule has 0 aromatic carbocycles. The number of hydrogen-bond acceptors (Lipinski definition) is 4. The van der Waals surface area contributed by atoms with Crippen LogP contribution in [0.15, 0.2) is 0 Å². The van der Waals surface area contributed by atoms with Crippen molar-refractivity contribution >= 4 is 5.91 Å². The number of nitrogens with two attached hydrogens (primary N) is 1. The van der Waals surface area contributed by atoms with Crippen LogP contribution < -0.4 is 16.6 Å². The molecule has 5 nitrogen and oxygen atoms in total. The molecule has 0 saturated carbocycles. The summed E-state index contributed by atoms with van der Waals surface area (Å²) in [6.45, 7) is 6.69. The molecule has 0 radical (unpaired) electrons. The molecule has 1 rings (SSSR count). The highest BCUT2D eigenvalue weighted by molar-refractivity contribution is 5.75. The van der Waals surface area contributed by atoms with Gasteiger partial charge in [-0.1, -0.05) is 6.92 Å². The summed E-state index contributed by atoms with van der Waals surface area (Å²) in [7, 11) is 0. The first-order valence-electron chi connectivity index (χ1n) is 6.72.